The first kappa shape index (κ1) is 36.3. The molecule has 0 aliphatic carbocycles. The highest BCUT2D eigenvalue weighted by atomic mass is 32.2. The third-order valence-corrected chi connectivity index (χ3v) is 11.8. The fraction of sp³-hybridized carbons (Fsp3) is 0.333. The largest absolute Gasteiger partial charge is 0.493 e. The number of nitrogens with one attached hydrogen (secondary N) is 3. The van der Waals surface area contributed by atoms with Gasteiger partial charge in [-0.25, -0.2) is 18.1 Å². The predicted octanol–water partition coefficient (Wildman–Crippen LogP) is 5.87. The van der Waals surface area contributed by atoms with Gasteiger partial charge in [-0.2, -0.15) is 0 Å². The SMILES string of the molecule is O=C(NS(=O)(=O)c1ccc(NCC2CCOCC2)c([N+](=O)[O-])c1)c1ccc(N2CCN(C3CCOc4ccccc43)CC2)cc1Oc1cnc2[nH]ccc2c1. The molecule has 286 valence electrons. The van der Waals surface area contributed by atoms with Crippen LogP contribution in [0.15, 0.2) is 90.1 Å². The molecule has 55 heavy (non-hydrogen) atoms. The molecule has 16 heteroatoms. The van der Waals surface area contributed by atoms with Crippen molar-refractivity contribution in [1.29, 1.82) is 0 Å². The number of para-hydroxylation sites is 1. The van der Waals surface area contributed by atoms with Crippen LogP contribution in [-0.2, 0) is 14.8 Å². The van der Waals surface area contributed by atoms with Gasteiger partial charge < -0.3 is 29.4 Å². The van der Waals surface area contributed by atoms with Crippen LogP contribution in [0.5, 0.6) is 17.2 Å². The van der Waals surface area contributed by atoms with Crippen molar-refractivity contribution in [2.75, 3.05) is 62.8 Å². The summed E-state index contributed by atoms with van der Waals surface area (Å²) in [5.41, 5.74) is 2.40. The van der Waals surface area contributed by atoms with E-state index in [1.165, 1.54) is 30.0 Å². The van der Waals surface area contributed by atoms with E-state index in [0.717, 1.165) is 55.2 Å². The van der Waals surface area contributed by atoms with Crippen molar-refractivity contribution in [1.82, 2.24) is 19.6 Å². The number of H-pyrrole nitrogens is 1. The zero-order chi connectivity index (χ0) is 37.9. The van der Waals surface area contributed by atoms with Gasteiger partial charge in [0, 0.05) is 93.4 Å². The molecule has 8 rings (SSSR count). The molecular formula is C39H41N7O8S. The monoisotopic (exact) mass is 767 g/mol. The summed E-state index contributed by atoms with van der Waals surface area (Å²) in [6.45, 7) is 5.45. The van der Waals surface area contributed by atoms with E-state index in [-0.39, 0.29) is 29.0 Å². The minimum atomic E-state index is -4.54. The van der Waals surface area contributed by atoms with Crippen molar-refractivity contribution >= 4 is 44.0 Å². The molecule has 0 spiro atoms. The summed E-state index contributed by atoms with van der Waals surface area (Å²) in [4.78, 5) is 36.9. The van der Waals surface area contributed by atoms with Crippen molar-refractivity contribution < 1.29 is 32.3 Å². The number of nitro groups is 1. The molecule has 0 saturated carbocycles. The van der Waals surface area contributed by atoms with Crippen LogP contribution >= 0.6 is 0 Å². The number of hydrogen-bond acceptors (Lipinski definition) is 12. The Balaban J connectivity index is 1.02. The van der Waals surface area contributed by atoms with Crippen molar-refractivity contribution in [3.05, 3.63) is 106 Å². The Labute approximate surface area is 317 Å². The van der Waals surface area contributed by atoms with Crippen LogP contribution in [0.3, 0.4) is 0 Å². The molecule has 3 aliphatic rings. The second-order valence-corrected chi connectivity index (χ2v) is 15.6. The Kier molecular flexibility index (Phi) is 10.3. The highest BCUT2D eigenvalue weighted by molar-refractivity contribution is 7.90. The smallest absolute Gasteiger partial charge is 0.293 e. The van der Waals surface area contributed by atoms with Gasteiger partial charge in [-0.1, -0.05) is 18.2 Å². The number of piperazine rings is 1. The third kappa shape index (κ3) is 7.92. The highest BCUT2D eigenvalue weighted by Crippen LogP contribution is 2.38. The Morgan fingerprint density at radius 1 is 0.982 bits per heavy atom. The molecule has 1 amide bonds. The van der Waals surface area contributed by atoms with Gasteiger partial charge >= 0.3 is 0 Å². The molecule has 3 aliphatic heterocycles. The van der Waals surface area contributed by atoms with Gasteiger partial charge in [0.25, 0.3) is 21.6 Å². The molecular weight excluding hydrogens is 727 g/mol. The number of nitrogens with zero attached hydrogens (tertiary/aromatic N) is 4. The fourth-order valence-corrected chi connectivity index (χ4v) is 8.48. The van der Waals surface area contributed by atoms with Gasteiger partial charge in [-0.15, -0.1) is 0 Å². The molecule has 1 atom stereocenters. The van der Waals surface area contributed by atoms with Crippen LogP contribution in [0.25, 0.3) is 11.0 Å². The van der Waals surface area contributed by atoms with E-state index in [4.69, 9.17) is 14.2 Å². The van der Waals surface area contributed by atoms with E-state index < -0.39 is 31.4 Å². The lowest BCUT2D eigenvalue weighted by atomic mass is 9.98. The van der Waals surface area contributed by atoms with E-state index >= 15 is 0 Å². The number of amides is 1. The lowest BCUT2D eigenvalue weighted by Crippen LogP contribution is -2.48. The van der Waals surface area contributed by atoms with E-state index in [2.05, 4.69) is 35.9 Å². The third-order valence-electron chi connectivity index (χ3n) is 10.5. The number of anilines is 2. The Morgan fingerprint density at radius 2 is 1.80 bits per heavy atom. The Hall–Kier alpha value is -5.71. The van der Waals surface area contributed by atoms with Crippen LogP contribution < -0.4 is 24.4 Å². The zero-order valence-electron chi connectivity index (χ0n) is 30.0. The summed E-state index contributed by atoms with van der Waals surface area (Å²) in [7, 11) is -4.54. The van der Waals surface area contributed by atoms with Gasteiger partial charge in [0.1, 0.15) is 28.6 Å². The van der Waals surface area contributed by atoms with E-state index in [9.17, 15) is 23.3 Å². The molecule has 2 saturated heterocycles. The summed E-state index contributed by atoms with van der Waals surface area (Å²) in [5, 5.41) is 15.9. The number of benzene rings is 3. The number of sulfonamides is 1. The average Bonchev–Trinajstić information content (AvgIpc) is 3.68. The molecule has 2 aromatic heterocycles. The Bertz CT molecular complexity index is 2320. The van der Waals surface area contributed by atoms with Gasteiger partial charge in [-0.05, 0) is 61.2 Å². The van der Waals surface area contributed by atoms with Crippen molar-refractivity contribution in [3.63, 3.8) is 0 Å². The van der Waals surface area contributed by atoms with Crippen LogP contribution in [0.1, 0.15) is 41.2 Å². The van der Waals surface area contributed by atoms with Crippen molar-refractivity contribution in [2.45, 2.75) is 30.2 Å². The van der Waals surface area contributed by atoms with Crippen LogP contribution in [-0.4, -0.2) is 86.7 Å². The summed E-state index contributed by atoms with van der Waals surface area (Å²) < 4.78 is 46.8. The summed E-state index contributed by atoms with van der Waals surface area (Å²) >= 11 is 0. The first-order valence-electron chi connectivity index (χ1n) is 18.3. The minimum absolute atomic E-state index is 0.0387. The minimum Gasteiger partial charge on any atom is -0.493 e. The second-order valence-electron chi connectivity index (χ2n) is 13.9. The van der Waals surface area contributed by atoms with Crippen LogP contribution in [0.2, 0.25) is 0 Å². The van der Waals surface area contributed by atoms with Crippen LogP contribution in [0.4, 0.5) is 17.1 Å². The molecule has 5 heterocycles. The number of hydrogen-bond donors (Lipinski definition) is 3. The maximum atomic E-state index is 13.8. The van der Waals surface area contributed by atoms with Crippen molar-refractivity contribution in [3.8, 4) is 17.2 Å². The lowest BCUT2D eigenvalue weighted by molar-refractivity contribution is -0.384. The molecule has 3 aromatic carbocycles. The number of ether oxygens (including phenoxy) is 3. The van der Waals surface area contributed by atoms with E-state index in [1.807, 2.05) is 24.3 Å². The Morgan fingerprint density at radius 3 is 2.62 bits per heavy atom. The quantitative estimate of drug-likeness (QED) is 0.108. The van der Waals surface area contributed by atoms with E-state index in [0.29, 0.717) is 50.9 Å². The first-order valence-corrected chi connectivity index (χ1v) is 19.8. The molecule has 0 radical (unpaired) electrons. The van der Waals surface area contributed by atoms with Crippen LogP contribution in [0, 0.1) is 16.0 Å². The first-order chi connectivity index (χ1) is 26.7. The summed E-state index contributed by atoms with van der Waals surface area (Å²) in [6, 6.07) is 20.6. The second kappa shape index (κ2) is 15.6. The number of carbonyl (C=O) groups is 1. The maximum Gasteiger partial charge on any atom is 0.293 e. The van der Waals surface area contributed by atoms with Gasteiger partial charge in [0.05, 0.1) is 28.2 Å². The van der Waals surface area contributed by atoms with E-state index in [1.54, 1.807) is 24.4 Å². The van der Waals surface area contributed by atoms with Gasteiger partial charge in [0.2, 0.25) is 0 Å². The molecule has 15 nitrogen and oxygen atoms in total. The summed E-state index contributed by atoms with van der Waals surface area (Å²) in [5.74, 6) is 0.730. The molecule has 0 bridgehead atoms. The number of aromatic nitrogens is 2. The molecule has 1 unspecified atom stereocenters. The number of rotatable bonds is 11. The lowest BCUT2D eigenvalue weighted by Gasteiger charge is -2.42. The number of pyridine rings is 1. The average molecular weight is 768 g/mol. The normalized spacial score (nSPS) is 18.0. The van der Waals surface area contributed by atoms with Gasteiger partial charge in [0.15, 0.2) is 0 Å². The number of fused-ring (bicyclic) bond motifs is 2. The number of nitro benzene ring substituents is 1. The predicted molar refractivity (Wildman–Crippen MR) is 205 cm³/mol. The molecule has 5 aromatic rings. The number of carbonyl (C=O) groups excluding carboxylic acids is 1. The fourth-order valence-electron chi connectivity index (χ4n) is 7.50. The topological polar surface area (TPSA) is 181 Å². The standard InChI is InChI=1S/C39H41N7O8S/c47-39(43-55(50,51)30-6-8-33(35(23-30)46(48)49)41-24-26-10-18-52-19-11-26)32-7-5-28(22-37(32)54-29-21-27-9-13-40-38(27)42-25-29)44-14-16-45(17-15-44)34-12-20-53-36-4-2-1-3-31(34)36/h1-9,13,21-23,25-26,34,41H,10-12,14-20,24H2,(H,40,42)(H,43,47). The number of aromatic amines is 1. The molecule has 3 N–H and O–H groups in total. The maximum absolute atomic E-state index is 13.8. The van der Waals surface area contributed by atoms with Gasteiger partial charge in [-0.3, -0.25) is 19.8 Å². The highest BCUT2D eigenvalue weighted by Gasteiger charge is 2.31. The zero-order valence-corrected chi connectivity index (χ0v) is 30.8. The summed E-state index contributed by atoms with van der Waals surface area (Å²) in [6.07, 6.45) is 5.83. The molecule has 2 fully saturated rings. The van der Waals surface area contributed by atoms with Crippen molar-refractivity contribution in [2.24, 2.45) is 5.92 Å².